The van der Waals surface area contributed by atoms with Crippen LogP contribution < -0.4 is 14.3 Å². The number of hydrogen-bond acceptors (Lipinski definition) is 5. The zero-order valence-corrected chi connectivity index (χ0v) is 19.8. The fourth-order valence-corrected chi connectivity index (χ4v) is 4.34. The maximum atomic E-state index is 12.5. The summed E-state index contributed by atoms with van der Waals surface area (Å²) >= 11 is 0. The van der Waals surface area contributed by atoms with Gasteiger partial charge in [0.15, 0.2) is 11.5 Å². The minimum atomic E-state index is -3.75. The molecule has 0 aliphatic carbocycles. The Balaban J connectivity index is 1.71. The minimum Gasteiger partial charge on any atom is -0.493 e. The van der Waals surface area contributed by atoms with Crippen LogP contribution in [0.4, 0.5) is 0 Å². The first-order valence-electron chi connectivity index (χ1n) is 10.2. The third-order valence-corrected chi connectivity index (χ3v) is 6.46. The van der Waals surface area contributed by atoms with E-state index in [0.717, 1.165) is 16.7 Å². The number of benzene rings is 3. The highest BCUT2D eigenvalue weighted by molar-refractivity contribution is 7.89. The van der Waals surface area contributed by atoms with Gasteiger partial charge in [0.2, 0.25) is 0 Å². The molecule has 1 N–H and O–H groups in total. The van der Waals surface area contributed by atoms with Crippen molar-refractivity contribution >= 4 is 16.2 Å². The number of hydrogen-bond donors (Lipinski definition) is 1. The Morgan fingerprint density at radius 1 is 0.875 bits per heavy atom. The van der Waals surface area contributed by atoms with Crippen LogP contribution in [-0.4, -0.2) is 21.7 Å². The molecular formula is C25H28N2O4S. The maximum Gasteiger partial charge on any atom is 0.276 e. The minimum absolute atomic E-state index is 0.202. The summed E-state index contributed by atoms with van der Waals surface area (Å²) in [5, 5.41) is 3.91. The molecule has 0 atom stereocenters. The molecule has 168 valence electrons. The van der Waals surface area contributed by atoms with E-state index in [1.54, 1.807) is 44.4 Å². The molecule has 0 aliphatic heterocycles. The zero-order valence-electron chi connectivity index (χ0n) is 19.0. The SMILES string of the molecule is COc1cc(/C=N/NS(=O)(=O)c2ccc(C)cc2C)ccc1OCc1cc(C)ccc1C. The molecule has 3 aromatic rings. The molecule has 0 heterocycles. The van der Waals surface area contributed by atoms with Crippen molar-refractivity contribution in [3.8, 4) is 11.5 Å². The Morgan fingerprint density at radius 3 is 2.31 bits per heavy atom. The van der Waals surface area contributed by atoms with E-state index in [0.29, 0.717) is 29.2 Å². The summed E-state index contributed by atoms with van der Waals surface area (Å²) in [4.78, 5) is 2.47. The van der Waals surface area contributed by atoms with Gasteiger partial charge in [-0.25, -0.2) is 4.83 Å². The molecule has 0 aromatic heterocycles. The number of aryl methyl sites for hydroxylation is 4. The Morgan fingerprint density at radius 2 is 1.59 bits per heavy atom. The summed E-state index contributed by atoms with van der Waals surface area (Å²) in [5.41, 5.74) is 5.78. The van der Waals surface area contributed by atoms with Gasteiger partial charge in [-0.3, -0.25) is 0 Å². The van der Waals surface area contributed by atoms with Crippen molar-refractivity contribution in [2.45, 2.75) is 39.2 Å². The van der Waals surface area contributed by atoms with Gasteiger partial charge >= 0.3 is 0 Å². The van der Waals surface area contributed by atoms with Gasteiger partial charge in [0.05, 0.1) is 18.2 Å². The lowest BCUT2D eigenvalue weighted by Crippen LogP contribution is -2.19. The highest BCUT2D eigenvalue weighted by atomic mass is 32.2. The van der Waals surface area contributed by atoms with Crippen molar-refractivity contribution in [1.29, 1.82) is 0 Å². The third kappa shape index (κ3) is 5.68. The molecule has 0 unspecified atom stereocenters. The van der Waals surface area contributed by atoms with E-state index in [1.807, 2.05) is 26.8 Å². The predicted octanol–water partition coefficient (Wildman–Crippen LogP) is 4.82. The molecule has 6 nitrogen and oxygen atoms in total. The molecule has 32 heavy (non-hydrogen) atoms. The molecule has 3 rings (SSSR count). The fourth-order valence-electron chi connectivity index (χ4n) is 3.32. The monoisotopic (exact) mass is 452 g/mol. The van der Waals surface area contributed by atoms with E-state index in [1.165, 1.54) is 11.8 Å². The van der Waals surface area contributed by atoms with Crippen LogP contribution in [0.15, 0.2) is 64.6 Å². The third-order valence-electron chi connectivity index (χ3n) is 5.08. The Hall–Kier alpha value is -3.32. The number of nitrogens with zero attached hydrogens (tertiary/aromatic N) is 1. The van der Waals surface area contributed by atoms with Gasteiger partial charge in [-0.2, -0.15) is 13.5 Å². The van der Waals surface area contributed by atoms with Gasteiger partial charge in [-0.15, -0.1) is 0 Å². The molecule has 0 aliphatic rings. The van der Waals surface area contributed by atoms with E-state index in [4.69, 9.17) is 9.47 Å². The second-order valence-electron chi connectivity index (χ2n) is 7.75. The number of ether oxygens (including phenoxy) is 2. The molecule has 0 bridgehead atoms. The first-order chi connectivity index (χ1) is 15.2. The first kappa shape index (κ1) is 23.3. The molecule has 0 saturated heterocycles. The number of sulfonamides is 1. The van der Waals surface area contributed by atoms with Crippen molar-refractivity contribution < 1.29 is 17.9 Å². The first-order valence-corrected chi connectivity index (χ1v) is 11.7. The van der Waals surface area contributed by atoms with E-state index in [9.17, 15) is 8.42 Å². The van der Waals surface area contributed by atoms with E-state index < -0.39 is 10.0 Å². The number of rotatable bonds is 8. The second-order valence-corrected chi connectivity index (χ2v) is 9.38. The van der Waals surface area contributed by atoms with Crippen LogP contribution in [0.5, 0.6) is 11.5 Å². The molecule has 0 spiro atoms. The number of methoxy groups -OCH3 is 1. The van der Waals surface area contributed by atoms with Gasteiger partial charge in [0.1, 0.15) is 6.61 Å². The number of nitrogens with one attached hydrogen (secondary N) is 1. The van der Waals surface area contributed by atoms with Gasteiger partial charge in [-0.05, 0) is 74.2 Å². The van der Waals surface area contributed by atoms with Crippen molar-refractivity contribution in [3.05, 3.63) is 88.0 Å². The fraction of sp³-hybridized carbons (Fsp3) is 0.240. The normalized spacial score (nSPS) is 11.5. The van der Waals surface area contributed by atoms with Crippen molar-refractivity contribution in [2.75, 3.05) is 7.11 Å². The van der Waals surface area contributed by atoms with Crippen molar-refractivity contribution in [2.24, 2.45) is 5.10 Å². The summed E-state index contributed by atoms with van der Waals surface area (Å²) in [5.74, 6) is 1.14. The summed E-state index contributed by atoms with van der Waals surface area (Å²) in [6, 6.07) is 16.7. The molecule has 7 heteroatoms. The molecule has 3 aromatic carbocycles. The average molecular weight is 453 g/mol. The lowest BCUT2D eigenvalue weighted by molar-refractivity contribution is 0.284. The molecule has 0 fully saturated rings. The number of hydrazone groups is 1. The highest BCUT2D eigenvalue weighted by Gasteiger charge is 2.15. The summed E-state index contributed by atoms with van der Waals surface area (Å²) in [7, 11) is -2.19. The van der Waals surface area contributed by atoms with Crippen LogP contribution in [0.2, 0.25) is 0 Å². The van der Waals surface area contributed by atoms with Gasteiger partial charge in [0, 0.05) is 0 Å². The zero-order chi connectivity index (χ0) is 23.3. The van der Waals surface area contributed by atoms with Gasteiger partial charge in [-0.1, -0.05) is 41.5 Å². The van der Waals surface area contributed by atoms with Crippen LogP contribution in [0, 0.1) is 27.7 Å². The average Bonchev–Trinajstić information content (AvgIpc) is 2.74. The van der Waals surface area contributed by atoms with Gasteiger partial charge < -0.3 is 9.47 Å². The predicted molar refractivity (Wildman–Crippen MR) is 127 cm³/mol. The Bertz CT molecular complexity index is 1250. The smallest absolute Gasteiger partial charge is 0.276 e. The van der Waals surface area contributed by atoms with E-state index in [2.05, 4.69) is 28.1 Å². The second kappa shape index (κ2) is 9.87. The topological polar surface area (TPSA) is 77.0 Å². The standard InChI is InChI=1S/C25H28N2O4S/c1-17-7-11-25(20(4)12-17)32(28,29)27-26-15-21-9-10-23(24(14-21)30-5)31-16-22-13-18(2)6-8-19(22)3/h6-15,27H,16H2,1-5H3/b26-15+. The molecule has 0 radical (unpaired) electrons. The Labute approximate surface area is 190 Å². The lowest BCUT2D eigenvalue weighted by Gasteiger charge is -2.13. The van der Waals surface area contributed by atoms with E-state index in [-0.39, 0.29) is 4.90 Å². The summed E-state index contributed by atoms with van der Waals surface area (Å²) in [6.45, 7) is 8.19. The largest absolute Gasteiger partial charge is 0.493 e. The van der Waals surface area contributed by atoms with Gasteiger partial charge in [0.25, 0.3) is 10.0 Å². The highest BCUT2D eigenvalue weighted by Crippen LogP contribution is 2.29. The van der Waals surface area contributed by atoms with Crippen LogP contribution >= 0.6 is 0 Å². The molecule has 0 amide bonds. The molecule has 0 saturated carbocycles. The lowest BCUT2D eigenvalue weighted by atomic mass is 10.1. The van der Waals surface area contributed by atoms with Crippen LogP contribution in [0.3, 0.4) is 0 Å². The van der Waals surface area contributed by atoms with Crippen LogP contribution in [0.1, 0.15) is 33.4 Å². The van der Waals surface area contributed by atoms with Crippen LogP contribution in [-0.2, 0) is 16.6 Å². The summed E-state index contributed by atoms with van der Waals surface area (Å²) in [6.07, 6.45) is 1.43. The van der Waals surface area contributed by atoms with Crippen molar-refractivity contribution in [1.82, 2.24) is 4.83 Å². The quantitative estimate of drug-likeness (QED) is 0.393. The molecular weight excluding hydrogens is 424 g/mol. The van der Waals surface area contributed by atoms with E-state index >= 15 is 0 Å². The Kier molecular flexibility index (Phi) is 7.20. The van der Waals surface area contributed by atoms with Crippen LogP contribution in [0.25, 0.3) is 0 Å². The summed E-state index contributed by atoms with van der Waals surface area (Å²) < 4.78 is 36.5. The van der Waals surface area contributed by atoms with Crippen molar-refractivity contribution in [3.63, 3.8) is 0 Å². The maximum absolute atomic E-state index is 12.5.